The molecule has 0 spiro atoms. The number of likely N-dealkylation sites (N-methyl/N-ethyl adjacent to an activating group) is 1. The topological polar surface area (TPSA) is 24.5 Å². The summed E-state index contributed by atoms with van der Waals surface area (Å²) in [5.74, 6) is 0. The Morgan fingerprint density at radius 2 is 2.19 bits per heavy atom. The molecule has 1 unspecified atom stereocenters. The fraction of sp³-hybridized carbons (Fsp3) is 1.00. The van der Waals surface area contributed by atoms with Gasteiger partial charge in [-0.2, -0.15) is 0 Å². The van der Waals surface area contributed by atoms with Crippen LogP contribution in [0, 0.1) is 0 Å². The second-order valence-corrected chi connectivity index (χ2v) is 4.85. The van der Waals surface area contributed by atoms with Crippen molar-refractivity contribution in [1.29, 1.82) is 0 Å². The molecule has 0 aromatic rings. The number of rotatable bonds is 9. The number of hydrogen-bond donors (Lipinski definition) is 1. The van der Waals surface area contributed by atoms with Gasteiger partial charge in [0.15, 0.2) is 0 Å². The summed E-state index contributed by atoms with van der Waals surface area (Å²) in [6.07, 6.45) is 6.94. The van der Waals surface area contributed by atoms with E-state index in [4.69, 9.17) is 4.74 Å². The molecule has 3 heteroatoms. The predicted molar refractivity (Wildman–Crippen MR) is 68.9 cm³/mol. The van der Waals surface area contributed by atoms with E-state index in [0.717, 1.165) is 26.2 Å². The van der Waals surface area contributed by atoms with Crippen LogP contribution in [0.25, 0.3) is 0 Å². The molecule has 1 aliphatic heterocycles. The van der Waals surface area contributed by atoms with Crippen molar-refractivity contribution in [1.82, 2.24) is 10.2 Å². The van der Waals surface area contributed by atoms with E-state index in [1.807, 2.05) is 0 Å². The number of nitrogens with zero attached hydrogens (tertiary/aromatic N) is 1. The van der Waals surface area contributed by atoms with Gasteiger partial charge in [0.05, 0.1) is 6.10 Å². The van der Waals surface area contributed by atoms with Gasteiger partial charge in [-0.3, -0.25) is 0 Å². The van der Waals surface area contributed by atoms with Crippen LogP contribution < -0.4 is 5.32 Å². The standard InChI is InChI=1S/C13H28N2O/c1-3-4-5-8-14-9-10-15(2)12-13-7-6-11-16-13/h13-14H,3-12H2,1-2H3. The van der Waals surface area contributed by atoms with E-state index in [0.29, 0.717) is 6.10 Å². The number of nitrogens with one attached hydrogen (secondary N) is 1. The van der Waals surface area contributed by atoms with Gasteiger partial charge in [0.1, 0.15) is 0 Å². The molecule has 0 aromatic heterocycles. The summed E-state index contributed by atoms with van der Waals surface area (Å²) in [5.41, 5.74) is 0. The minimum Gasteiger partial charge on any atom is -0.377 e. The quantitative estimate of drug-likeness (QED) is 0.610. The molecule has 1 rings (SSSR count). The first-order valence-corrected chi connectivity index (χ1v) is 6.83. The van der Waals surface area contributed by atoms with E-state index in [2.05, 4.69) is 24.2 Å². The zero-order valence-corrected chi connectivity index (χ0v) is 11.0. The van der Waals surface area contributed by atoms with Crippen LogP contribution in [0.1, 0.15) is 39.0 Å². The molecule has 0 bridgehead atoms. The van der Waals surface area contributed by atoms with Crippen molar-refractivity contribution in [2.24, 2.45) is 0 Å². The average Bonchev–Trinajstić information content (AvgIpc) is 2.76. The maximum atomic E-state index is 5.62. The first-order chi connectivity index (χ1) is 7.83. The SMILES string of the molecule is CCCCCNCCN(C)CC1CCCO1. The second-order valence-electron chi connectivity index (χ2n) is 4.85. The Balaban J connectivity index is 1.87. The Labute approximate surface area is 101 Å². The lowest BCUT2D eigenvalue weighted by atomic mass is 10.2. The third-order valence-corrected chi connectivity index (χ3v) is 3.17. The molecule has 0 radical (unpaired) electrons. The zero-order chi connectivity index (χ0) is 11.6. The molecule has 1 N–H and O–H groups in total. The Hall–Kier alpha value is -0.120. The molecular weight excluding hydrogens is 200 g/mol. The summed E-state index contributed by atoms with van der Waals surface area (Å²) < 4.78 is 5.62. The zero-order valence-electron chi connectivity index (χ0n) is 11.0. The summed E-state index contributed by atoms with van der Waals surface area (Å²) in [6, 6.07) is 0. The van der Waals surface area contributed by atoms with Crippen molar-refractivity contribution < 1.29 is 4.74 Å². The maximum absolute atomic E-state index is 5.62. The lowest BCUT2D eigenvalue weighted by Gasteiger charge is -2.20. The smallest absolute Gasteiger partial charge is 0.0702 e. The Morgan fingerprint density at radius 3 is 2.88 bits per heavy atom. The molecule has 3 nitrogen and oxygen atoms in total. The molecule has 16 heavy (non-hydrogen) atoms. The molecule has 0 amide bonds. The van der Waals surface area contributed by atoms with E-state index in [9.17, 15) is 0 Å². The highest BCUT2D eigenvalue weighted by Gasteiger charge is 2.16. The van der Waals surface area contributed by atoms with Gasteiger partial charge in [0.25, 0.3) is 0 Å². The van der Waals surface area contributed by atoms with Gasteiger partial charge in [-0.1, -0.05) is 19.8 Å². The van der Waals surface area contributed by atoms with E-state index >= 15 is 0 Å². The van der Waals surface area contributed by atoms with E-state index in [-0.39, 0.29) is 0 Å². The fourth-order valence-corrected chi connectivity index (χ4v) is 2.12. The van der Waals surface area contributed by atoms with Crippen molar-refractivity contribution in [3.63, 3.8) is 0 Å². The van der Waals surface area contributed by atoms with Crippen molar-refractivity contribution in [2.45, 2.75) is 45.1 Å². The molecule has 1 atom stereocenters. The lowest BCUT2D eigenvalue weighted by Crippen LogP contribution is -2.34. The van der Waals surface area contributed by atoms with Crippen LogP contribution in [0.2, 0.25) is 0 Å². The molecule has 1 heterocycles. The molecule has 96 valence electrons. The van der Waals surface area contributed by atoms with Crippen LogP contribution in [0.5, 0.6) is 0 Å². The fourth-order valence-electron chi connectivity index (χ4n) is 2.12. The summed E-state index contributed by atoms with van der Waals surface area (Å²) in [6.45, 7) is 7.71. The normalized spacial score (nSPS) is 20.8. The van der Waals surface area contributed by atoms with Crippen LogP contribution >= 0.6 is 0 Å². The van der Waals surface area contributed by atoms with Gasteiger partial charge in [-0.15, -0.1) is 0 Å². The van der Waals surface area contributed by atoms with Crippen molar-refractivity contribution >= 4 is 0 Å². The molecular formula is C13H28N2O. The number of unbranched alkanes of at least 4 members (excludes halogenated alkanes) is 2. The van der Waals surface area contributed by atoms with Crippen LogP contribution in [0.4, 0.5) is 0 Å². The van der Waals surface area contributed by atoms with Gasteiger partial charge in [-0.25, -0.2) is 0 Å². The Morgan fingerprint density at radius 1 is 1.31 bits per heavy atom. The van der Waals surface area contributed by atoms with Gasteiger partial charge >= 0.3 is 0 Å². The van der Waals surface area contributed by atoms with Crippen LogP contribution in [0.3, 0.4) is 0 Å². The number of ether oxygens (including phenoxy) is 1. The van der Waals surface area contributed by atoms with Gasteiger partial charge in [0, 0.05) is 26.2 Å². The minimum atomic E-state index is 0.491. The highest BCUT2D eigenvalue weighted by atomic mass is 16.5. The predicted octanol–water partition coefficient (Wildman–Crippen LogP) is 1.88. The van der Waals surface area contributed by atoms with E-state index in [1.54, 1.807) is 0 Å². The lowest BCUT2D eigenvalue weighted by molar-refractivity contribution is 0.0815. The molecule has 1 aliphatic rings. The van der Waals surface area contributed by atoms with Gasteiger partial charge in [-0.05, 0) is 32.9 Å². The summed E-state index contributed by atoms with van der Waals surface area (Å²) >= 11 is 0. The molecule has 0 saturated carbocycles. The van der Waals surface area contributed by atoms with Crippen molar-refractivity contribution in [3.8, 4) is 0 Å². The number of hydrogen-bond acceptors (Lipinski definition) is 3. The first kappa shape index (κ1) is 13.9. The molecule has 1 saturated heterocycles. The monoisotopic (exact) mass is 228 g/mol. The van der Waals surface area contributed by atoms with Crippen molar-refractivity contribution in [3.05, 3.63) is 0 Å². The third kappa shape index (κ3) is 6.46. The first-order valence-electron chi connectivity index (χ1n) is 6.83. The highest BCUT2D eigenvalue weighted by molar-refractivity contribution is 4.68. The van der Waals surface area contributed by atoms with E-state index < -0.39 is 0 Å². The molecule has 1 fully saturated rings. The van der Waals surface area contributed by atoms with Crippen LogP contribution in [-0.4, -0.2) is 50.8 Å². The summed E-state index contributed by atoms with van der Waals surface area (Å²) in [5, 5.41) is 3.49. The average molecular weight is 228 g/mol. The van der Waals surface area contributed by atoms with Crippen molar-refractivity contribution in [2.75, 3.05) is 39.8 Å². The second kappa shape index (κ2) is 8.97. The van der Waals surface area contributed by atoms with E-state index in [1.165, 1.54) is 38.6 Å². The minimum absolute atomic E-state index is 0.491. The van der Waals surface area contributed by atoms with Gasteiger partial charge < -0.3 is 15.0 Å². The Kier molecular flexibility index (Phi) is 7.81. The third-order valence-electron chi connectivity index (χ3n) is 3.17. The molecule has 0 aliphatic carbocycles. The summed E-state index contributed by atoms with van der Waals surface area (Å²) in [4.78, 5) is 2.38. The van der Waals surface area contributed by atoms with Crippen LogP contribution in [-0.2, 0) is 4.74 Å². The summed E-state index contributed by atoms with van der Waals surface area (Å²) in [7, 11) is 2.19. The Bertz CT molecular complexity index is 158. The van der Waals surface area contributed by atoms with Gasteiger partial charge in [0.2, 0.25) is 0 Å². The highest BCUT2D eigenvalue weighted by Crippen LogP contribution is 2.12. The van der Waals surface area contributed by atoms with Crippen LogP contribution in [0.15, 0.2) is 0 Å². The maximum Gasteiger partial charge on any atom is 0.0702 e. The largest absolute Gasteiger partial charge is 0.377 e. The molecule has 0 aromatic carbocycles.